The average Bonchev–Trinajstić information content (AvgIpc) is 2.03. The van der Waals surface area contributed by atoms with E-state index in [0.717, 1.165) is 25.7 Å². The number of nitrogens with two attached hydrogens (primary N) is 1. The monoisotopic (exact) mass is 175 g/mol. The molecule has 1 aliphatic carbocycles. The molecule has 2 nitrogen and oxygen atoms in total. The van der Waals surface area contributed by atoms with E-state index in [9.17, 15) is 5.11 Å². The van der Waals surface area contributed by atoms with E-state index in [1.165, 1.54) is 0 Å². The summed E-state index contributed by atoms with van der Waals surface area (Å²) in [6.45, 7) is 1.91. The maximum atomic E-state index is 9.73. The molecule has 0 aromatic heterocycles. The average molecular weight is 175 g/mol. The lowest BCUT2D eigenvalue weighted by Gasteiger charge is -2.19. The van der Waals surface area contributed by atoms with E-state index in [1.807, 2.05) is 6.92 Å². The second kappa shape index (κ2) is 3.38. The topological polar surface area (TPSA) is 46.2 Å². The van der Waals surface area contributed by atoms with E-state index in [2.05, 4.69) is 9.24 Å². The van der Waals surface area contributed by atoms with E-state index in [1.54, 1.807) is 0 Å². The fourth-order valence-corrected chi connectivity index (χ4v) is 1.87. The van der Waals surface area contributed by atoms with Crippen LogP contribution in [-0.4, -0.2) is 22.4 Å². The van der Waals surface area contributed by atoms with Crippen molar-refractivity contribution in [1.82, 2.24) is 0 Å². The minimum absolute atomic E-state index is 0.258. The zero-order valence-corrected chi connectivity index (χ0v) is 8.24. The molecule has 3 N–H and O–H groups in total. The molecule has 1 saturated carbocycles. The molecule has 1 rings (SSSR count). The molecule has 1 fully saturated rings. The lowest BCUT2D eigenvalue weighted by Crippen LogP contribution is -2.29. The summed E-state index contributed by atoms with van der Waals surface area (Å²) in [5.41, 5.74) is 5.89. The Kier molecular flexibility index (Phi) is 2.90. The Bertz CT molecular complexity index is 124. The molecular formula is C8H18NOP. The van der Waals surface area contributed by atoms with Crippen LogP contribution in [0.5, 0.6) is 0 Å². The van der Waals surface area contributed by atoms with Crippen molar-refractivity contribution in [3.05, 3.63) is 0 Å². The molecule has 11 heavy (non-hydrogen) atoms. The highest BCUT2D eigenvalue weighted by Gasteiger charge is 2.28. The van der Waals surface area contributed by atoms with Crippen LogP contribution in [0, 0.1) is 0 Å². The van der Waals surface area contributed by atoms with Gasteiger partial charge in [0.2, 0.25) is 0 Å². The molecule has 0 saturated heterocycles. The fraction of sp³-hybridized carbons (Fsp3) is 1.00. The highest BCUT2D eigenvalue weighted by atomic mass is 31.0. The first-order valence-electron chi connectivity index (χ1n) is 4.25. The standard InChI is InChI=1S/C8H18NOP/c1-8(10)4-2-6(9)7(11)3-5-8/h6-7,10H,2-5,9,11H2,1H3. The van der Waals surface area contributed by atoms with Gasteiger partial charge in [-0.25, -0.2) is 0 Å². The van der Waals surface area contributed by atoms with Crippen molar-refractivity contribution in [2.75, 3.05) is 0 Å². The molecule has 4 unspecified atom stereocenters. The molecule has 0 radical (unpaired) electrons. The first-order chi connectivity index (χ1) is 5.01. The molecule has 0 heterocycles. The van der Waals surface area contributed by atoms with Crippen molar-refractivity contribution >= 4 is 9.24 Å². The molecule has 0 aromatic carbocycles. The Morgan fingerprint density at radius 3 is 2.64 bits per heavy atom. The highest BCUT2D eigenvalue weighted by Crippen LogP contribution is 2.29. The SMILES string of the molecule is CC1(O)CCC(N)C(P)CC1. The second-order valence-corrected chi connectivity index (χ2v) is 4.76. The molecule has 3 heteroatoms. The lowest BCUT2D eigenvalue weighted by molar-refractivity contribution is 0.0441. The summed E-state index contributed by atoms with van der Waals surface area (Å²) in [5.74, 6) is 0. The fourth-order valence-electron chi connectivity index (χ4n) is 1.51. The smallest absolute Gasteiger partial charge is 0.0620 e. The van der Waals surface area contributed by atoms with Gasteiger partial charge in [-0.15, -0.1) is 9.24 Å². The Morgan fingerprint density at radius 1 is 1.45 bits per heavy atom. The third-order valence-corrected chi connectivity index (χ3v) is 3.41. The minimum Gasteiger partial charge on any atom is -0.390 e. The zero-order chi connectivity index (χ0) is 8.48. The lowest BCUT2D eigenvalue weighted by atomic mass is 9.97. The predicted octanol–water partition coefficient (Wildman–Crippen LogP) is 0.882. The van der Waals surface area contributed by atoms with Gasteiger partial charge in [0.15, 0.2) is 0 Å². The van der Waals surface area contributed by atoms with E-state index in [-0.39, 0.29) is 6.04 Å². The summed E-state index contributed by atoms with van der Waals surface area (Å²) in [5, 5.41) is 9.73. The van der Waals surface area contributed by atoms with Crippen molar-refractivity contribution < 1.29 is 5.11 Å². The Labute approximate surface area is 70.8 Å². The van der Waals surface area contributed by atoms with Gasteiger partial charge in [-0.2, -0.15) is 0 Å². The molecule has 0 aliphatic heterocycles. The van der Waals surface area contributed by atoms with Crippen LogP contribution in [0.15, 0.2) is 0 Å². The zero-order valence-electron chi connectivity index (χ0n) is 7.09. The highest BCUT2D eigenvalue weighted by molar-refractivity contribution is 7.17. The van der Waals surface area contributed by atoms with Crippen LogP contribution in [0.4, 0.5) is 0 Å². The van der Waals surface area contributed by atoms with Crippen LogP contribution in [0.2, 0.25) is 0 Å². The van der Waals surface area contributed by atoms with Gasteiger partial charge < -0.3 is 10.8 Å². The van der Waals surface area contributed by atoms with Gasteiger partial charge >= 0.3 is 0 Å². The van der Waals surface area contributed by atoms with Gasteiger partial charge in [0.25, 0.3) is 0 Å². The van der Waals surface area contributed by atoms with Crippen molar-refractivity contribution in [3.63, 3.8) is 0 Å². The van der Waals surface area contributed by atoms with Crippen molar-refractivity contribution in [3.8, 4) is 0 Å². The summed E-state index contributed by atoms with van der Waals surface area (Å²) < 4.78 is 0. The van der Waals surface area contributed by atoms with Crippen LogP contribution in [0.3, 0.4) is 0 Å². The number of aliphatic hydroxyl groups is 1. The Balaban J connectivity index is 2.51. The van der Waals surface area contributed by atoms with Crippen molar-refractivity contribution in [2.24, 2.45) is 5.73 Å². The van der Waals surface area contributed by atoms with Crippen LogP contribution >= 0.6 is 9.24 Å². The van der Waals surface area contributed by atoms with Crippen molar-refractivity contribution in [1.29, 1.82) is 0 Å². The third-order valence-electron chi connectivity index (χ3n) is 2.58. The van der Waals surface area contributed by atoms with Gasteiger partial charge in [0.1, 0.15) is 0 Å². The van der Waals surface area contributed by atoms with E-state index >= 15 is 0 Å². The second-order valence-electron chi connectivity index (χ2n) is 3.90. The van der Waals surface area contributed by atoms with Crippen LogP contribution in [0.1, 0.15) is 32.6 Å². The summed E-state index contributed by atoms with van der Waals surface area (Å²) in [6, 6.07) is 0.258. The molecule has 0 bridgehead atoms. The molecule has 1 aliphatic rings. The Hall–Kier alpha value is 0.350. The largest absolute Gasteiger partial charge is 0.390 e. The number of hydrogen-bond donors (Lipinski definition) is 2. The van der Waals surface area contributed by atoms with Gasteiger partial charge in [-0.3, -0.25) is 0 Å². The first kappa shape index (κ1) is 9.44. The predicted molar refractivity (Wildman–Crippen MR) is 50.6 cm³/mol. The van der Waals surface area contributed by atoms with E-state index in [4.69, 9.17) is 5.73 Å². The third kappa shape index (κ3) is 2.70. The van der Waals surface area contributed by atoms with Gasteiger partial charge in [0.05, 0.1) is 5.60 Å². The molecule has 66 valence electrons. The maximum Gasteiger partial charge on any atom is 0.0620 e. The first-order valence-corrected chi connectivity index (χ1v) is 4.91. The molecule has 0 aromatic rings. The van der Waals surface area contributed by atoms with E-state index in [0.29, 0.717) is 5.66 Å². The van der Waals surface area contributed by atoms with Gasteiger partial charge in [-0.1, -0.05) is 0 Å². The van der Waals surface area contributed by atoms with Gasteiger partial charge in [-0.05, 0) is 38.3 Å². The molecule has 0 amide bonds. The quantitative estimate of drug-likeness (QED) is 0.424. The normalized spacial score (nSPS) is 46.9. The molecule has 0 spiro atoms. The number of hydrogen-bond acceptors (Lipinski definition) is 2. The van der Waals surface area contributed by atoms with Crippen LogP contribution in [-0.2, 0) is 0 Å². The summed E-state index contributed by atoms with van der Waals surface area (Å²) in [6.07, 6.45) is 3.70. The maximum absolute atomic E-state index is 9.73. The summed E-state index contributed by atoms with van der Waals surface area (Å²) >= 11 is 0. The summed E-state index contributed by atoms with van der Waals surface area (Å²) in [7, 11) is 2.77. The van der Waals surface area contributed by atoms with Crippen LogP contribution < -0.4 is 5.73 Å². The molecular weight excluding hydrogens is 157 g/mol. The van der Waals surface area contributed by atoms with E-state index < -0.39 is 5.60 Å². The summed E-state index contributed by atoms with van der Waals surface area (Å²) in [4.78, 5) is 0. The molecule has 4 atom stereocenters. The minimum atomic E-state index is -0.469. The Morgan fingerprint density at radius 2 is 2.00 bits per heavy atom. The number of rotatable bonds is 0. The van der Waals surface area contributed by atoms with Crippen LogP contribution in [0.25, 0.3) is 0 Å². The van der Waals surface area contributed by atoms with Gasteiger partial charge in [0, 0.05) is 6.04 Å². The van der Waals surface area contributed by atoms with Crippen molar-refractivity contribution in [2.45, 2.75) is 49.9 Å².